The maximum atomic E-state index is 12.1. The van der Waals surface area contributed by atoms with E-state index in [1.54, 1.807) is 12.1 Å². The SMILES string of the molecule is O=C(O)CCc1ccc(S(=O)(=O)N2CC(O)C2)cc1. The van der Waals surface area contributed by atoms with Gasteiger partial charge in [-0.15, -0.1) is 0 Å². The van der Waals surface area contributed by atoms with E-state index >= 15 is 0 Å². The summed E-state index contributed by atoms with van der Waals surface area (Å²) in [4.78, 5) is 10.6. The summed E-state index contributed by atoms with van der Waals surface area (Å²) in [6.07, 6.45) is -0.188. The van der Waals surface area contributed by atoms with Gasteiger partial charge in [0, 0.05) is 19.5 Å². The van der Waals surface area contributed by atoms with Crippen molar-refractivity contribution in [3.63, 3.8) is 0 Å². The lowest BCUT2D eigenvalue weighted by molar-refractivity contribution is -0.136. The molecule has 0 aliphatic carbocycles. The molecule has 0 saturated carbocycles. The lowest BCUT2D eigenvalue weighted by atomic mass is 10.1. The third-order valence-corrected chi connectivity index (χ3v) is 4.86. The normalized spacial score (nSPS) is 17.1. The zero-order valence-corrected chi connectivity index (χ0v) is 11.0. The fraction of sp³-hybridized carbons (Fsp3) is 0.417. The Morgan fingerprint density at radius 1 is 1.26 bits per heavy atom. The number of β-amino-alcohol motifs (C(OH)–C–C–N with tert-alkyl or cyclic N) is 1. The minimum absolute atomic E-state index is 0.0183. The molecule has 1 saturated heterocycles. The molecule has 6 nitrogen and oxygen atoms in total. The third kappa shape index (κ3) is 3.12. The largest absolute Gasteiger partial charge is 0.481 e. The van der Waals surface area contributed by atoms with Crippen LogP contribution < -0.4 is 0 Å². The van der Waals surface area contributed by atoms with Crippen LogP contribution in [0.3, 0.4) is 0 Å². The minimum Gasteiger partial charge on any atom is -0.481 e. The molecule has 104 valence electrons. The summed E-state index contributed by atoms with van der Waals surface area (Å²) < 4.78 is 25.3. The standard InChI is InChI=1S/C12H15NO5S/c14-10-7-13(8-10)19(17,18)11-4-1-9(2-5-11)3-6-12(15)16/h1-2,4-5,10,14H,3,6-8H2,(H,15,16). The van der Waals surface area contributed by atoms with Crippen molar-refractivity contribution in [3.8, 4) is 0 Å². The molecular weight excluding hydrogens is 270 g/mol. The van der Waals surface area contributed by atoms with Gasteiger partial charge in [-0.05, 0) is 24.1 Å². The molecule has 0 amide bonds. The van der Waals surface area contributed by atoms with E-state index in [1.807, 2.05) is 0 Å². The highest BCUT2D eigenvalue weighted by Crippen LogP contribution is 2.21. The number of rotatable bonds is 5. The zero-order chi connectivity index (χ0) is 14.0. The Labute approximate surface area is 111 Å². The van der Waals surface area contributed by atoms with Gasteiger partial charge in [0.25, 0.3) is 0 Å². The van der Waals surface area contributed by atoms with Crippen LogP contribution in [0.2, 0.25) is 0 Å². The fourth-order valence-corrected chi connectivity index (χ4v) is 3.36. The summed E-state index contributed by atoms with van der Waals surface area (Å²) in [6, 6.07) is 6.17. The highest BCUT2D eigenvalue weighted by Gasteiger charge is 2.35. The Balaban J connectivity index is 2.07. The number of sulfonamides is 1. The molecule has 1 aromatic rings. The number of aliphatic hydroxyl groups excluding tert-OH is 1. The smallest absolute Gasteiger partial charge is 0.303 e. The number of benzene rings is 1. The number of hydrogen-bond acceptors (Lipinski definition) is 4. The Morgan fingerprint density at radius 2 is 1.84 bits per heavy atom. The van der Waals surface area contributed by atoms with E-state index in [1.165, 1.54) is 16.4 Å². The molecule has 2 N–H and O–H groups in total. The van der Waals surface area contributed by atoms with Crippen LogP contribution in [-0.2, 0) is 21.2 Å². The summed E-state index contributed by atoms with van der Waals surface area (Å²) in [7, 11) is -3.53. The van der Waals surface area contributed by atoms with E-state index < -0.39 is 22.1 Å². The van der Waals surface area contributed by atoms with Gasteiger partial charge in [0.2, 0.25) is 10.0 Å². The Bertz CT molecular complexity index is 560. The lowest BCUT2D eigenvalue weighted by Crippen LogP contribution is -2.53. The van der Waals surface area contributed by atoms with Gasteiger partial charge in [-0.25, -0.2) is 8.42 Å². The molecule has 0 radical (unpaired) electrons. The van der Waals surface area contributed by atoms with Crippen molar-refractivity contribution in [3.05, 3.63) is 29.8 Å². The van der Waals surface area contributed by atoms with Crippen LogP contribution >= 0.6 is 0 Å². The number of carbonyl (C=O) groups is 1. The summed E-state index contributed by atoms with van der Waals surface area (Å²) in [6.45, 7) is 0.256. The first-order chi connectivity index (χ1) is 8.89. The summed E-state index contributed by atoms with van der Waals surface area (Å²) in [5, 5.41) is 17.7. The third-order valence-electron chi connectivity index (χ3n) is 3.02. The molecular formula is C12H15NO5S. The minimum atomic E-state index is -3.53. The highest BCUT2D eigenvalue weighted by atomic mass is 32.2. The molecule has 1 aliphatic rings. The van der Waals surface area contributed by atoms with E-state index in [9.17, 15) is 13.2 Å². The second-order valence-corrected chi connectivity index (χ2v) is 6.45. The molecule has 0 atom stereocenters. The molecule has 1 aliphatic heterocycles. The molecule has 0 aromatic heterocycles. The molecule has 0 bridgehead atoms. The second kappa shape index (κ2) is 5.28. The number of nitrogens with zero attached hydrogens (tertiary/aromatic N) is 1. The first-order valence-corrected chi connectivity index (χ1v) is 7.32. The number of carboxylic acids is 1. The lowest BCUT2D eigenvalue weighted by Gasteiger charge is -2.34. The highest BCUT2D eigenvalue weighted by molar-refractivity contribution is 7.89. The Kier molecular flexibility index (Phi) is 3.88. The van der Waals surface area contributed by atoms with E-state index in [-0.39, 0.29) is 24.4 Å². The van der Waals surface area contributed by atoms with Gasteiger partial charge in [0.05, 0.1) is 11.0 Å². The van der Waals surface area contributed by atoms with Gasteiger partial charge >= 0.3 is 5.97 Å². The predicted octanol–water partition coefficient (Wildman–Crippen LogP) is 0.0690. The van der Waals surface area contributed by atoms with Crippen molar-refractivity contribution < 1.29 is 23.4 Å². The van der Waals surface area contributed by atoms with Crippen LogP contribution in [0.4, 0.5) is 0 Å². The first kappa shape index (κ1) is 14.0. The number of aryl methyl sites for hydroxylation is 1. The van der Waals surface area contributed by atoms with Crippen molar-refractivity contribution in [2.24, 2.45) is 0 Å². The average Bonchev–Trinajstić information content (AvgIpc) is 2.33. The number of aliphatic carboxylic acids is 1. The Morgan fingerprint density at radius 3 is 2.32 bits per heavy atom. The van der Waals surface area contributed by atoms with Crippen LogP contribution in [-0.4, -0.2) is 48.1 Å². The number of aliphatic hydroxyl groups is 1. The van der Waals surface area contributed by atoms with Gasteiger partial charge in [0.15, 0.2) is 0 Å². The fourth-order valence-electron chi connectivity index (χ4n) is 1.84. The monoisotopic (exact) mass is 285 g/mol. The van der Waals surface area contributed by atoms with Crippen molar-refractivity contribution in [2.75, 3.05) is 13.1 Å². The molecule has 2 rings (SSSR count). The second-order valence-electron chi connectivity index (χ2n) is 4.51. The van der Waals surface area contributed by atoms with E-state index in [2.05, 4.69) is 0 Å². The quantitative estimate of drug-likeness (QED) is 0.798. The van der Waals surface area contributed by atoms with Crippen molar-refractivity contribution in [1.29, 1.82) is 0 Å². The van der Waals surface area contributed by atoms with Gasteiger partial charge < -0.3 is 10.2 Å². The number of hydrogen-bond donors (Lipinski definition) is 2. The molecule has 1 aromatic carbocycles. The molecule has 1 heterocycles. The predicted molar refractivity (Wildman–Crippen MR) is 67.2 cm³/mol. The summed E-state index contributed by atoms with van der Waals surface area (Å²) >= 11 is 0. The molecule has 7 heteroatoms. The van der Waals surface area contributed by atoms with Crippen molar-refractivity contribution in [1.82, 2.24) is 4.31 Å². The summed E-state index contributed by atoms with van der Waals surface area (Å²) in [5.74, 6) is -0.883. The van der Waals surface area contributed by atoms with Gasteiger partial charge in [-0.3, -0.25) is 4.79 Å². The average molecular weight is 285 g/mol. The Hall–Kier alpha value is -1.44. The molecule has 1 fully saturated rings. The van der Waals surface area contributed by atoms with Gasteiger partial charge in [0.1, 0.15) is 0 Å². The van der Waals surface area contributed by atoms with Gasteiger partial charge in [-0.2, -0.15) is 4.31 Å². The van der Waals surface area contributed by atoms with E-state index in [4.69, 9.17) is 10.2 Å². The molecule has 0 unspecified atom stereocenters. The van der Waals surface area contributed by atoms with Crippen LogP contribution in [0.25, 0.3) is 0 Å². The van der Waals surface area contributed by atoms with E-state index in [0.29, 0.717) is 6.42 Å². The number of carboxylic acid groups (broad SMARTS) is 1. The van der Waals surface area contributed by atoms with Crippen molar-refractivity contribution in [2.45, 2.75) is 23.8 Å². The van der Waals surface area contributed by atoms with Gasteiger partial charge in [-0.1, -0.05) is 12.1 Å². The molecule has 0 spiro atoms. The zero-order valence-electron chi connectivity index (χ0n) is 10.2. The summed E-state index contributed by atoms with van der Waals surface area (Å²) in [5.41, 5.74) is 0.782. The topological polar surface area (TPSA) is 94.9 Å². The van der Waals surface area contributed by atoms with Crippen molar-refractivity contribution >= 4 is 16.0 Å². The van der Waals surface area contributed by atoms with E-state index in [0.717, 1.165) is 5.56 Å². The van der Waals surface area contributed by atoms with Crippen LogP contribution in [0, 0.1) is 0 Å². The maximum absolute atomic E-state index is 12.1. The first-order valence-electron chi connectivity index (χ1n) is 5.88. The van der Waals surface area contributed by atoms with Crippen LogP contribution in [0.15, 0.2) is 29.2 Å². The maximum Gasteiger partial charge on any atom is 0.303 e. The van der Waals surface area contributed by atoms with Crippen LogP contribution in [0.5, 0.6) is 0 Å². The molecule has 19 heavy (non-hydrogen) atoms. The van der Waals surface area contributed by atoms with Crippen LogP contribution in [0.1, 0.15) is 12.0 Å².